The van der Waals surface area contributed by atoms with Crippen LogP contribution in [0.15, 0.2) is 18.2 Å². The molecule has 0 radical (unpaired) electrons. The Morgan fingerprint density at radius 3 is 2.63 bits per heavy atom. The summed E-state index contributed by atoms with van der Waals surface area (Å²) in [7, 11) is 0. The highest BCUT2D eigenvalue weighted by Crippen LogP contribution is 2.43. The van der Waals surface area contributed by atoms with E-state index in [9.17, 15) is 8.78 Å². The number of likely N-dealkylation sites (tertiary alicyclic amines) is 1. The summed E-state index contributed by atoms with van der Waals surface area (Å²) in [5, 5.41) is 0. The molecule has 2 nitrogen and oxygen atoms in total. The SMILES string of the molecule is NCC1CCCN(C2CC2)C1c1ccc(F)cc1F. The van der Waals surface area contributed by atoms with Crippen molar-refractivity contribution in [2.45, 2.75) is 37.8 Å². The molecule has 0 amide bonds. The third-order valence-corrected chi connectivity index (χ3v) is 4.39. The standard InChI is InChI=1S/C15H20F2N2/c16-11-3-6-13(14(17)8-11)15-10(9-18)2-1-7-19(15)12-4-5-12/h3,6,8,10,12,15H,1-2,4-5,7,9,18H2. The van der Waals surface area contributed by atoms with Gasteiger partial charge in [-0.15, -0.1) is 0 Å². The van der Waals surface area contributed by atoms with Gasteiger partial charge in [0.05, 0.1) is 0 Å². The van der Waals surface area contributed by atoms with Crippen molar-refractivity contribution in [3.8, 4) is 0 Å². The molecule has 2 fully saturated rings. The van der Waals surface area contributed by atoms with Crippen molar-refractivity contribution in [2.75, 3.05) is 13.1 Å². The molecular weight excluding hydrogens is 246 g/mol. The fourth-order valence-electron chi connectivity index (χ4n) is 3.34. The Kier molecular flexibility index (Phi) is 3.54. The van der Waals surface area contributed by atoms with Crippen LogP contribution < -0.4 is 5.73 Å². The first kappa shape index (κ1) is 13.0. The molecule has 2 aliphatic rings. The highest BCUT2D eigenvalue weighted by atomic mass is 19.1. The second-order valence-corrected chi connectivity index (χ2v) is 5.72. The van der Waals surface area contributed by atoms with Gasteiger partial charge in [-0.05, 0) is 50.8 Å². The van der Waals surface area contributed by atoms with E-state index in [1.807, 2.05) is 0 Å². The highest BCUT2D eigenvalue weighted by molar-refractivity contribution is 5.24. The molecule has 1 aromatic carbocycles. The lowest BCUT2D eigenvalue weighted by Gasteiger charge is -2.41. The second kappa shape index (κ2) is 5.17. The first-order chi connectivity index (χ1) is 9.20. The van der Waals surface area contributed by atoms with Gasteiger partial charge in [0.2, 0.25) is 0 Å². The molecular formula is C15H20F2N2. The van der Waals surface area contributed by atoms with E-state index < -0.39 is 11.6 Å². The van der Waals surface area contributed by atoms with E-state index >= 15 is 0 Å². The monoisotopic (exact) mass is 266 g/mol. The topological polar surface area (TPSA) is 29.3 Å². The molecule has 1 aliphatic carbocycles. The number of nitrogens with zero attached hydrogens (tertiary/aromatic N) is 1. The first-order valence-corrected chi connectivity index (χ1v) is 7.11. The van der Waals surface area contributed by atoms with E-state index in [-0.39, 0.29) is 12.0 Å². The maximum absolute atomic E-state index is 14.1. The summed E-state index contributed by atoms with van der Waals surface area (Å²) < 4.78 is 27.2. The van der Waals surface area contributed by atoms with Crippen LogP contribution in [0.1, 0.15) is 37.3 Å². The highest BCUT2D eigenvalue weighted by Gasteiger charge is 2.40. The van der Waals surface area contributed by atoms with Crippen molar-refractivity contribution in [3.05, 3.63) is 35.4 Å². The summed E-state index contributed by atoms with van der Waals surface area (Å²) in [5.41, 5.74) is 6.48. The molecule has 2 unspecified atom stereocenters. The van der Waals surface area contributed by atoms with Crippen LogP contribution in [-0.4, -0.2) is 24.0 Å². The van der Waals surface area contributed by atoms with Crippen LogP contribution in [0.25, 0.3) is 0 Å². The molecule has 1 aliphatic heterocycles. The smallest absolute Gasteiger partial charge is 0.130 e. The molecule has 4 heteroatoms. The predicted molar refractivity (Wildman–Crippen MR) is 70.6 cm³/mol. The van der Waals surface area contributed by atoms with E-state index in [0.717, 1.165) is 25.5 Å². The number of hydrogen-bond donors (Lipinski definition) is 1. The summed E-state index contributed by atoms with van der Waals surface area (Å²) in [4.78, 5) is 2.39. The fraction of sp³-hybridized carbons (Fsp3) is 0.600. The Labute approximate surface area is 112 Å². The number of piperidine rings is 1. The Morgan fingerprint density at radius 1 is 1.21 bits per heavy atom. The summed E-state index contributed by atoms with van der Waals surface area (Å²) in [5.74, 6) is -0.676. The molecule has 1 aromatic rings. The molecule has 19 heavy (non-hydrogen) atoms. The summed E-state index contributed by atoms with van der Waals surface area (Å²) in [6, 6.07) is 4.53. The molecule has 104 valence electrons. The molecule has 3 rings (SSSR count). The van der Waals surface area contributed by atoms with Gasteiger partial charge in [0.25, 0.3) is 0 Å². The third kappa shape index (κ3) is 2.51. The number of nitrogens with two attached hydrogens (primary N) is 1. The van der Waals surface area contributed by atoms with Crippen molar-refractivity contribution in [2.24, 2.45) is 11.7 Å². The maximum atomic E-state index is 14.1. The number of rotatable bonds is 3. The van der Waals surface area contributed by atoms with E-state index in [0.29, 0.717) is 18.2 Å². The van der Waals surface area contributed by atoms with Crippen LogP contribution in [0.3, 0.4) is 0 Å². The van der Waals surface area contributed by atoms with Crippen LogP contribution in [0.4, 0.5) is 8.78 Å². The van der Waals surface area contributed by atoms with Gasteiger partial charge in [-0.1, -0.05) is 6.07 Å². The molecule has 2 N–H and O–H groups in total. The molecule has 1 saturated carbocycles. The average Bonchev–Trinajstić information content (AvgIpc) is 3.22. The quantitative estimate of drug-likeness (QED) is 0.911. The molecule has 1 heterocycles. The largest absolute Gasteiger partial charge is 0.330 e. The Bertz CT molecular complexity index is 459. The Balaban J connectivity index is 1.95. The minimum atomic E-state index is -0.515. The van der Waals surface area contributed by atoms with Gasteiger partial charge in [-0.2, -0.15) is 0 Å². The normalized spacial score (nSPS) is 28.6. The Morgan fingerprint density at radius 2 is 2.00 bits per heavy atom. The molecule has 0 bridgehead atoms. The van der Waals surface area contributed by atoms with Crippen molar-refractivity contribution in [3.63, 3.8) is 0 Å². The second-order valence-electron chi connectivity index (χ2n) is 5.72. The van der Waals surface area contributed by atoms with Gasteiger partial charge in [-0.25, -0.2) is 8.78 Å². The van der Waals surface area contributed by atoms with Crippen LogP contribution in [0.2, 0.25) is 0 Å². The average molecular weight is 266 g/mol. The summed E-state index contributed by atoms with van der Waals surface area (Å²) in [6.45, 7) is 1.56. The zero-order valence-corrected chi connectivity index (χ0v) is 11.0. The lowest BCUT2D eigenvalue weighted by molar-refractivity contribution is 0.0852. The molecule has 2 atom stereocenters. The maximum Gasteiger partial charge on any atom is 0.130 e. The summed E-state index contributed by atoms with van der Waals surface area (Å²) >= 11 is 0. The lowest BCUT2D eigenvalue weighted by Crippen LogP contribution is -2.43. The van der Waals surface area contributed by atoms with Crippen molar-refractivity contribution in [1.82, 2.24) is 4.90 Å². The third-order valence-electron chi connectivity index (χ3n) is 4.39. The van der Waals surface area contributed by atoms with Crippen molar-refractivity contribution >= 4 is 0 Å². The van der Waals surface area contributed by atoms with Gasteiger partial charge in [-0.3, -0.25) is 4.90 Å². The van der Waals surface area contributed by atoms with Gasteiger partial charge >= 0.3 is 0 Å². The summed E-state index contributed by atoms with van der Waals surface area (Å²) in [6.07, 6.45) is 4.53. The van der Waals surface area contributed by atoms with Gasteiger partial charge in [0, 0.05) is 23.7 Å². The number of benzene rings is 1. The zero-order valence-electron chi connectivity index (χ0n) is 11.0. The van der Waals surface area contributed by atoms with E-state index in [2.05, 4.69) is 4.90 Å². The van der Waals surface area contributed by atoms with E-state index in [4.69, 9.17) is 5.73 Å². The molecule has 0 spiro atoms. The first-order valence-electron chi connectivity index (χ1n) is 7.11. The van der Waals surface area contributed by atoms with E-state index in [1.165, 1.54) is 18.9 Å². The van der Waals surface area contributed by atoms with Gasteiger partial charge in [0.1, 0.15) is 11.6 Å². The van der Waals surface area contributed by atoms with Gasteiger partial charge in [0.15, 0.2) is 0 Å². The molecule has 0 aromatic heterocycles. The fourth-order valence-corrected chi connectivity index (χ4v) is 3.34. The van der Waals surface area contributed by atoms with Crippen molar-refractivity contribution < 1.29 is 8.78 Å². The Hall–Kier alpha value is -1.00. The van der Waals surface area contributed by atoms with Gasteiger partial charge < -0.3 is 5.73 Å². The van der Waals surface area contributed by atoms with Crippen molar-refractivity contribution in [1.29, 1.82) is 0 Å². The van der Waals surface area contributed by atoms with Crippen LogP contribution >= 0.6 is 0 Å². The van der Waals surface area contributed by atoms with Crippen LogP contribution in [0, 0.1) is 17.6 Å². The number of halogens is 2. The molecule has 1 saturated heterocycles. The predicted octanol–water partition coefficient (Wildman–Crippen LogP) is 2.84. The van der Waals surface area contributed by atoms with Crippen LogP contribution in [0.5, 0.6) is 0 Å². The minimum absolute atomic E-state index is 0.0202. The zero-order chi connectivity index (χ0) is 13.4. The van der Waals surface area contributed by atoms with E-state index in [1.54, 1.807) is 6.07 Å². The lowest BCUT2D eigenvalue weighted by atomic mass is 9.84. The minimum Gasteiger partial charge on any atom is -0.330 e. The van der Waals surface area contributed by atoms with Crippen LogP contribution in [-0.2, 0) is 0 Å². The number of hydrogen-bond acceptors (Lipinski definition) is 2.